The third-order valence-corrected chi connectivity index (χ3v) is 2.06. The first kappa shape index (κ1) is 8.68. The number of aromatic nitrogens is 1. The van der Waals surface area contributed by atoms with Gasteiger partial charge in [0.1, 0.15) is 5.69 Å². The lowest BCUT2D eigenvalue weighted by Gasteiger charge is -2.24. The van der Waals surface area contributed by atoms with Crippen LogP contribution in [-0.2, 0) is 4.79 Å². The van der Waals surface area contributed by atoms with Gasteiger partial charge in [0.2, 0.25) is 5.88 Å². The normalized spacial score (nSPS) is 14.6. The highest BCUT2D eigenvalue weighted by Crippen LogP contribution is 2.28. The minimum atomic E-state index is -0.151. The highest BCUT2D eigenvalue weighted by atomic mass is 16.5. The average molecular weight is 192 g/mol. The SMILES string of the molecule is CN1C(=O)COc2ncc(C=O)cc21. The number of likely N-dealkylation sites (N-methyl/N-ethyl adjacent to an activating group) is 1. The van der Waals surface area contributed by atoms with Crippen LogP contribution in [0.4, 0.5) is 5.69 Å². The van der Waals surface area contributed by atoms with Crippen LogP contribution in [0, 0.1) is 0 Å². The lowest BCUT2D eigenvalue weighted by atomic mass is 10.2. The minimum absolute atomic E-state index is 0.00304. The number of ether oxygens (including phenoxy) is 1. The number of hydrogen-bond donors (Lipinski definition) is 0. The molecule has 0 aromatic carbocycles. The second kappa shape index (κ2) is 3.10. The van der Waals surface area contributed by atoms with Crippen LogP contribution in [0.5, 0.6) is 5.88 Å². The van der Waals surface area contributed by atoms with Crippen molar-refractivity contribution in [3.63, 3.8) is 0 Å². The van der Waals surface area contributed by atoms with E-state index < -0.39 is 0 Å². The Balaban J connectivity index is 2.51. The first-order valence-electron chi connectivity index (χ1n) is 4.07. The Bertz CT molecular complexity index is 403. The Morgan fingerprint density at radius 1 is 1.64 bits per heavy atom. The molecule has 0 radical (unpaired) electrons. The van der Waals surface area contributed by atoms with Crippen LogP contribution in [0.25, 0.3) is 0 Å². The predicted octanol–water partition coefficient (Wildman–Crippen LogP) is 0.249. The number of amides is 1. The van der Waals surface area contributed by atoms with Gasteiger partial charge in [-0.15, -0.1) is 0 Å². The van der Waals surface area contributed by atoms with Gasteiger partial charge in [-0.1, -0.05) is 0 Å². The van der Waals surface area contributed by atoms with Crippen LogP contribution >= 0.6 is 0 Å². The maximum atomic E-state index is 11.2. The van der Waals surface area contributed by atoms with E-state index in [0.29, 0.717) is 23.4 Å². The number of carbonyl (C=O) groups is 2. The molecule has 0 N–H and O–H groups in total. The third-order valence-electron chi connectivity index (χ3n) is 2.06. The van der Waals surface area contributed by atoms with Gasteiger partial charge in [-0.2, -0.15) is 0 Å². The van der Waals surface area contributed by atoms with Crippen molar-refractivity contribution >= 4 is 17.9 Å². The molecule has 0 saturated heterocycles. The summed E-state index contributed by atoms with van der Waals surface area (Å²) in [5.41, 5.74) is 0.958. The topological polar surface area (TPSA) is 59.5 Å². The fourth-order valence-corrected chi connectivity index (χ4v) is 1.23. The zero-order valence-corrected chi connectivity index (χ0v) is 7.56. The summed E-state index contributed by atoms with van der Waals surface area (Å²) in [6, 6.07) is 1.58. The molecular weight excluding hydrogens is 184 g/mol. The summed E-state index contributed by atoms with van der Waals surface area (Å²) < 4.78 is 5.09. The molecule has 1 aromatic rings. The van der Waals surface area contributed by atoms with Gasteiger partial charge in [-0.3, -0.25) is 9.59 Å². The van der Waals surface area contributed by atoms with E-state index in [1.807, 2.05) is 0 Å². The van der Waals surface area contributed by atoms with Crippen molar-refractivity contribution in [2.45, 2.75) is 0 Å². The van der Waals surface area contributed by atoms with Crippen molar-refractivity contribution in [1.82, 2.24) is 4.98 Å². The Kier molecular flexibility index (Phi) is 1.92. The van der Waals surface area contributed by atoms with E-state index in [2.05, 4.69) is 4.98 Å². The summed E-state index contributed by atoms with van der Waals surface area (Å²) >= 11 is 0. The van der Waals surface area contributed by atoms with Crippen molar-refractivity contribution in [2.75, 3.05) is 18.6 Å². The lowest BCUT2D eigenvalue weighted by molar-refractivity contribution is -0.121. The number of pyridine rings is 1. The minimum Gasteiger partial charge on any atom is -0.466 e. The molecule has 0 atom stereocenters. The van der Waals surface area contributed by atoms with Crippen molar-refractivity contribution < 1.29 is 14.3 Å². The summed E-state index contributed by atoms with van der Waals surface area (Å²) in [6.45, 7) is -0.00304. The number of nitrogens with zero attached hydrogens (tertiary/aromatic N) is 2. The summed E-state index contributed by atoms with van der Waals surface area (Å²) in [5, 5.41) is 0. The fraction of sp³-hybridized carbons (Fsp3) is 0.222. The molecule has 2 heterocycles. The lowest BCUT2D eigenvalue weighted by Crippen LogP contribution is -2.35. The van der Waals surface area contributed by atoms with Crippen LogP contribution in [-0.4, -0.2) is 30.8 Å². The highest BCUT2D eigenvalue weighted by Gasteiger charge is 2.23. The first-order valence-corrected chi connectivity index (χ1v) is 4.07. The molecule has 0 spiro atoms. The van der Waals surface area contributed by atoms with Crippen LogP contribution in [0.3, 0.4) is 0 Å². The molecule has 5 heteroatoms. The fourth-order valence-electron chi connectivity index (χ4n) is 1.23. The number of anilines is 1. The Morgan fingerprint density at radius 3 is 3.14 bits per heavy atom. The standard InChI is InChI=1S/C9H8N2O3/c1-11-7-2-6(4-12)3-10-9(7)14-5-8(11)13/h2-4H,5H2,1H3. The van der Waals surface area contributed by atoms with Crippen molar-refractivity contribution in [3.05, 3.63) is 17.8 Å². The van der Waals surface area contributed by atoms with E-state index in [9.17, 15) is 9.59 Å². The van der Waals surface area contributed by atoms with Crippen molar-refractivity contribution in [1.29, 1.82) is 0 Å². The van der Waals surface area contributed by atoms with E-state index >= 15 is 0 Å². The molecule has 5 nitrogen and oxygen atoms in total. The largest absolute Gasteiger partial charge is 0.466 e. The summed E-state index contributed by atoms with van der Waals surface area (Å²) in [5.74, 6) is 0.236. The molecule has 72 valence electrons. The summed E-state index contributed by atoms with van der Waals surface area (Å²) in [6.07, 6.45) is 2.09. The quantitative estimate of drug-likeness (QED) is 0.598. The van der Waals surface area contributed by atoms with Gasteiger partial charge in [0.15, 0.2) is 12.9 Å². The van der Waals surface area contributed by atoms with Gasteiger partial charge < -0.3 is 9.64 Å². The number of fused-ring (bicyclic) bond motifs is 1. The zero-order chi connectivity index (χ0) is 10.1. The van der Waals surface area contributed by atoms with Crippen molar-refractivity contribution in [2.24, 2.45) is 0 Å². The van der Waals surface area contributed by atoms with Crippen LogP contribution < -0.4 is 9.64 Å². The summed E-state index contributed by atoms with van der Waals surface area (Å²) in [7, 11) is 1.62. The molecule has 2 rings (SSSR count). The number of rotatable bonds is 1. The van der Waals surface area contributed by atoms with E-state index in [-0.39, 0.29) is 12.5 Å². The Hall–Kier alpha value is -1.91. The highest BCUT2D eigenvalue weighted by molar-refractivity contribution is 5.97. The van der Waals surface area contributed by atoms with Crippen molar-refractivity contribution in [3.8, 4) is 5.88 Å². The van der Waals surface area contributed by atoms with Gasteiger partial charge in [0.05, 0.1) is 0 Å². The number of carbonyl (C=O) groups excluding carboxylic acids is 2. The maximum absolute atomic E-state index is 11.2. The Labute approximate surface area is 80.3 Å². The predicted molar refractivity (Wildman–Crippen MR) is 48.5 cm³/mol. The molecule has 0 saturated carbocycles. The molecule has 14 heavy (non-hydrogen) atoms. The number of hydrogen-bond acceptors (Lipinski definition) is 4. The molecule has 1 aliphatic rings. The van der Waals surface area contributed by atoms with Crippen LogP contribution in [0.2, 0.25) is 0 Å². The molecular formula is C9H8N2O3. The summed E-state index contributed by atoms with van der Waals surface area (Å²) in [4.78, 5) is 27.1. The van der Waals surface area contributed by atoms with Crippen LogP contribution in [0.15, 0.2) is 12.3 Å². The van der Waals surface area contributed by atoms with Gasteiger partial charge in [0, 0.05) is 18.8 Å². The molecule has 1 amide bonds. The van der Waals surface area contributed by atoms with E-state index in [4.69, 9.17) is 4.74 Å². The molecule has 0 aliphatic carbocycles. The maximum Gasteiger partial charge on any atom is 0.264 e. The molecule has 0 fully saturated rings. The van der Waals surface area contributed by atoms with Gasteiger partial charge in [0.25, 0.3) is 5.91 Å². The van der Waals surface area contributed by atoms with E-state index in [0.717, 1.165) is 0 Å². The monoisotopic (exact) mass is 192 g/mol. The number of aldehydes is 1. The van der Waals surface area contributed by atoms with Gasteiger partial charge >= 0.3 is 0 Å². The third kappa shape index (κ3) is 1.22. The molecule has 1 aromatic heterocycles. The molecule has 0 unspecified atom stereocenters. The molecule has 1 aliphatic heterocycles. The molecule has 0 bridgehead atoms. The second-order valence-corrected chi connectivity index (χ2v) is 2.95. The van der Waals surface area contributed by atoms with Crippen LogP contribution in [0.1, 0.15) is 10.4 Å². The van der Waals surface area contributed by atoms with E-state index in [1.54, 1.807) is 13.1 Å². The van der Waals surface area contributed by atoms with E-state index in [1.165, 1.54) is 11.1 Å². The second-order valence-electron chi connectivity index (χ2n) is 2.95. The van der Waals surface area contributed by atoms with Gasteiger partial charge in [-0.05, 0) is 6.07 Å². The Morgan fingerprint density at radius 2 is 2.43 bits per heavy atom. The van der Waals surface area contributed by atoms with Gasteiger partial charge in [-0.25, -0.2) is 4.98 Å². The smallest absolute Gasteiger partial charge is 0.264 e. The first-order chi connectivity index (χ1) is 6.72. The average Bonchev–Trinajstić information content (AvgIpc) is 2.23. The zero-order valence-electron chi connectivity index (χ0n) is 7.56.